The van der Waals surface area contributed by atoms with Gasteiger partial charge < -0.3 is 24.4 Å². The average Bonchev–Trinajstić information content (AvgIpc) is 3.06. The Hall–Kier alpha value is -4.50. The fraction of sp³-hybridized carbons (Fsp3) is 0.189. The van der Waals surface area contributed by atoms with Crippen LogP contribution in [0.3, 0.4) is 0 Å². The van der Waals surface area contributed by atoms with E-state index < -0.39 is 24.6 Å². The van der Waals surface area contributed by atoms with Crippen LogP contribution < -0.4 is 9.47 Å². The monoisotopic (exact) mass is 658 g/mol. The Labute approximate surface area is 278 Å². The smallest absolute Gasteiger partial charge is 0.341 e. The van der Waals surface area contributed by atoms with Crippen molar-refractivity contribution in [3.8, 4) is 22.6 Å². The molecule has 0 bridgehead atoms. The van der Waals surface area contributed by atoms with E-state index in [1.54, 1.807) is 30.8 Å². The molecule has 4 rings (SSSR count). The molecular formula is C37H35ClO7S. The van der Waals surface area contributed by atoms with Crippen LogP contribution in [0.5, 0.6) is 11.5 Å². The number of thioether (sulfide) groups is 1. The standard InChI is InChI=1S/C37H35ClO7S/c1-2-43-35(37(41)42)23-28-11-18-32(19-12-28)46-22-4-6-27-9-15-30(16-10-27)29-13-7-26(8-14-29)5-3-21-44-34-20-17-31(24-33(34)38)45-25-36(39)40/h3-20,24,35H,2,21-23,25H2,1H3,(H,39,40)(H,41,42). The van der Waals surface area contributed by atoms with Gasteiger partial charge in [-0.2, -0.15) is 0 Å². The molecule has 0 aliphatic carbocycles. The first-order valence-electron chi connectivity index (χ1n) is 14.7. The topological polar surface area (TPSA) is 102 Å². The van der Waals surface area contributed by atoms with Crippen LogP contribution in [-0.4, -0.2) is 53.8 Å². The van der Waals surface area contributed by atoms with Crippen molar-refractivity contribution in [2.24, 2.45) is 0 Å². The van der Waals surface area contributed by atoms with E-state index in [9.17, 15) is 14.7 Å². The van der Waals surface area contributed by atoms with E-state index in [0.717, 1.165) is 38.5 Å². The van der Waals surface area contributed by atoms with Gasteiger partial charge in [0.2, 0.25) is 0 Å². The maximum atomic E-state index is 11.3. The number of carbonyl (C=O) groups is 2. The number of carboxylic acids is 2. The van der Waals surface area contributed by atoms with Crippen molar-refractivity contribution >= 4 is 47.5 Å². The van der Waals surface area contributed by atoms with Crippen molar-refractivity contribution in [2.45, 2.75) is 24.3 Å². The SMILES string of the molecule is CCOC(Cc1ccc(SCC=Cc2ccc(-c3ccc(C=CCOc4ccc(OCC(=O)O)cc4Cl)cc3)cc2)cc1)C(=O)O. The third kappa shape index (κ3) is 11.1. The molecule has 0 aliphatic heterocycles. The Bertz CT molecular complexity index is 1630. The highest BCUT2D eigenvalue weighted by molar-refractivity contribution is 7.99. The molecule has 0 heterocycles. The Morgan fingerprint density at radius 3 is 2.02 bits per heavy atom. The van der Waals surface area contributed by atoms with E-state index in [4.69, 9.17) is 30.9 Å². The predicted molar refractivity (Wildman–Crippen MR) is 184 cm³/mol. The number of halogens is 1. The highest BCUT2D eigenvalue weighted by Crippen LogP contribution is 2.29. The molecule has 0 saturated carbocycles. The minimum Gasteiger partial charge on any atom is -0.488 e. The van der Waals surface area contributed by atoms with Gasteiger partial charge in [0, 0.05) is 29.7 Å². The summed E-state index contributed by atoms with van der Waals surface area (Å²) in [5.41, 5.74) is 5.35. The van der Waals surface area contributed by atoms with Gasteiger partial charge in [-0.25, -0.2) is 9.59 Å². The Morgan fingerprint density at radius 1 is 0.826 bits per heavy atom. The van der Waals surface area contributed by atoms with Crippen LogP contribution >= 0.6 is 23.4 Å². The summed E-state index contributed by atoms with van der Waals surface area (Å²) in [6.07, 6.45) is 7.64. The summed E-state index contributed by atoms with van der Waals surface area (Å²) in [6, 6.07) is 29.4. The van der Waals surface area contributed by atoms with Crippen LogP contribution in [0.25, 0.3) is 23.3 Å². The quantitative estimate of drug-likeness (QED) is 0.109. The lowest BCUT2D eigenvalue weighted by Crippen LogP contribution is -2.26. The van der Waals surface area contributed by atoms with Crippen molar-refractivity contribution in [3.63, 3.8) is 0 Å². The predicted octanol–water partition coefficient (Wildman–Crippen LogP) is 8.40. The normalized spacial score (nSPS) is 12.0. The summed E-state index contributed by atoms with van der Waals surface area (Å²) in [6.45, 7) is 2.05. The zero-order chi connectivity index (χ0) is 32.7. The Balaban J connectivity index is 1.21. The molecular weight excluding hydrogens is 624 g/mol. The molecule has 0 amide bonds. The third-order valence-corrected chi connectivity index (χ3v) is 7.97. The molecule has 1 unspecified atom stereocenters. The Morgan fingerprint density at radius 2 is 1.46 bits per heavy atom. The average molecular weight is 659 g/mol. The molecule has 2 N–H and O–H groups in total. The molecule has 238 valence electrons. The van der Waals surface area contributed by atoms with E-state index in [0.29, 0.717) is 36.2 Å². The molecule has 0 spiro atoms. The van der Waals surface area contributed by atoms with Crippen molar-refractivity contribution in [2.75, 3.05) is 25.6 Å². The zero-order valence-electron chi connectivity index (χ0n) is 25.3. The van der Waals surface area contributed by atoms with Crippen LogP contribution in [0.2, 0.25) is 5.02 Å². The fourth-order valence-corrected chi connectivity index (χ4v) is 5.35. The maximum absolute atomic E-state index is 11.3. The molecule has 7 nitrogen and oxygen atoms in total. The van der Waals surface area contributed by atoms with E-state index in [2.05, 4.69) is 60.7 Å². The van der Waals surface area contributed by atoms with E-state index >= 15 is 0 Å². The first-order valence-corrected chi connectivity index (χ1v) is 16.0. The maximum Gasteiger partial charge on any atom is 0.341 e. The highest BCUT2D eigenvalue weighted by atomic mass is 35.5. The van der Waals surface area contributed by atoms with Gasteiger partial charge in [0.15, 0.2) is 12.7 Å². The van der Waals surface area contributed by atoms with E-state index in [1.807, 2.05) is 36.4 Å². The summed E-state index contributed by atoms with van der Waals surface area (Å²) in [5, 5.41) is 18.3. The van der Waals surface area contributed by atoms with E-state index in [1.165, 1.54) is 6.07 Å². The molecule has 0 aliphatic rings. The van der Waals surface area contributed by atoms with Gasteiger partial charge in [0.05, 0.1) is 5.02 Å². The van der Waals surface area contributed by atoms with Gasteiger partial charge in [-0.05, 0) is 65.1 Å². The largest absolute Gasteiger partial charge is 0.488 e. The second kappa shape index (κ2) is 17.8. The summed E-state index contributed by atoms with van der Waals surface area (Å²) >= 11 is 7.93. The van der Waals surface area contributed by atoms with Crippen molar-refractivity contribution < 1.29 is 34.0 Å². The molecule has 4 aromatic rings. The second-order valence-electron chi connectivity index (χ2n) is 10.1. The third-order valence-electron chi connectivity index (χ3n) is 6.71. The number of rotatable bonds is 17. The number of benzene rings is 4. The van der Waals surface area contributed by atoms with Crippen LogP contribution in [0.1, 0.15) is 23.6 Å². The number of hydrogen-bond acceptors (Lipinski definition) is 6. The molecule has 4 aromatic carbocycles. The molecule has 9 heteroatoms. The summed E-state index contributed by atoms with van der Waals surface area (Å²) < 4.78 is 16.1. The van der Waals surface area contributed by atoms with Crippen LogP contribution in [0, 0.1) is 0 Å². The highest BCUT2D eigenvalue weighted by Gasteiger charge is 2.17. The van der Waals surface area contributed by atoms with Gasteiger partial charge in [0.25, 0.3) is 0 Å². The van der Waals surface area contributed by atoms with Gasteiger partial charge in [0.1, 0.15) is 18.1 Å². The zero-order valence-corrected chi connectivity index (χ0v) is 26.9. The summed E-state index contributed by atoms with van der Waals surface area (Å²) in [7, 11) is 0. The van der Waals surface area contributed by atoms with Crippen LogP contribution in [-0.2, 0) is 20.7 Å². The number of ether oxygens (including phenoxy) is 3. The summed E-state index contributed by atoms with van der Waals surface area (Å²) in [5.74, 6) is -0.327. The van der Waals surface area contributed by atoms with Gasteiger partial charge in [-0.1, -0.05) is 90.5 Å². The lowest BCUT2D eigenvalue weighted by molar-refractivity contribution is -0.150. The first-order chi connectivity index (χ1) is 22.3. The molecule has 0 radical (unpaired) electrons. The van der Waals surface area contributed by atoms with Gasteiger partial charge in [-0.3, -0.25) is 0 Å². The lowest BCUT2D eigenvalue weighted by Gasteiger charge is -2.12. The molecule has 0 saturated heterocycles. The number of carboxylic acid groups (broad SMARTS) is 2. The summed E-state index contributed by atoms with van der Waals surface area (Å²) in [4.78, 5) is 23.1. The number of aliphatic carboxylic acids is 2. The lowest BCUT2D eigenvalue weighted by atomic mass is 10.0. The number of hydrogen-bond donors (Lipinski definition) is 2. The van der Waals surface area contributed by atoms with Gasteiger partial charge >= 0.3 is 11.9 Å². The molecule has 0 aromatic heterocycles. The minimum atomic E-state index is -1.06. The van der Waals surface area contributed by atoms with Gasteiger partial charge in [-0.15, -0.1) is 11.8 Å². The van der Waals surface area contributed by atoms with Crippen LogP contribution in [0.4, 0.5) is 0 Å². The van der Waals surface area contributed by atoms with Crippen LogP contribution in [0.15, 0.2) is 108 Å². The molecule has 46 heavy (non-hydrogen) atoms. The first kappa shape index (κ1) is 34.4. The molecule has 1 atom stereocenters. The van der Waals surface area contributed by atoms with Crippen molar-refractivity contribution in [1.82, 2.24) is 0 Å². The van der Waals surface area contributed by atoms with Crippen molar-refractivity contribution in [3.05, 3.63) is 125 Å². The Kier molecular flexibility index (Phi) is 13.3. The van der Waals surface area contributed by atoms with Crippen molar-refractivity contribution in [1.29, 1.82) is 0 Å². The second-order valence-corrected chi connectivity index (χ2v) is 11.6. The van der Waals surface area contributed by atoms with E-state index in [-0.39, 0.29) is 0 Å². The fourth-order valence-electron chi connectivity index (χ4n) is 4.41. The molecule has 0 fully saturated rings. The minimum absolute atomic E-state index is 0.320.